The number of halogens is 3. The predicted octanol–water partition coefficient (Wildman–Crippen LogP) is 1.73. The van der Waals surface area contributed by atoms with Gasteiger partial charge in [-0.05, 0) is 40.5 Å². The smallest absolute Gasteiger partial charge is 0.244 e. The molecule has 0 amide bonds. The number of nitrogens with zero attached hydrogens (tertiary/aromatic N) is 1. The van der Waals surface area contributed by atoms with E-state index in [1.807, 2.05) is 0 Å². The Labute approximate surface area is 120 Å². The standard InChI is InChI=1S/C10H12BrFN2O2S.ClH/c11-9-5-7(12)1-2-10(9)17(15,16)14-4-3-8(13)6-14;/h1-2,5,8H,3-4,6,13H2;1H/t8-;/m0./s1. The maximum Gasteiger partial charge on any atom is 0.244 e. The first-order valence-electron chi connectivity index (χ1n) is 5.12. The van der Waals surface area contributed by atoms with Crippen molar-refractivity contribution in [1.82, 2.24) is 4.31 Å². The van der Waals surface area contributed by atoms with Gasteiger partial charge in [-0.2, -0.15) is 4.31 Å². The Balaban J connectivity index is 0.00000162. The Hall–Kier alpha value is -0.210. The summed E-state index contributed by atoms with van der Waals surface area (Å²) in [6, 6.07) is 3.42. The summed E-state index contributed by atoms with van der Waals surface area (Å²) >= 11 is 3.07. The summed E-state index contributed by atoms with van der Waals surface area (Å²) in [4.78, 5) is 0.0769. The quantitative estimate of drug-likeness (QED) is 0.875. The van der Waals surface area contributed by atoms with Gasteiger partial charge in [0, 0.05) is 23.6 Å². The maximum absolute atomic E-state index is 12.9. The van der Waals surface area contributed by atoms with Crippen molar-refractivity contribution in [2.75, 3.05) is 13.1 Å². The molecule has 2 rings (SSSR count). The fraction of sp³-hybridized carbons (Fsp3) is 0.400. The summed E-state index contributed by atoms with van der Waals surface area (Å²) in [5.74, 6) is -0.478. The minimum absolute atomic E-state index is 0. The molecule has 0 saturated carbocycles. The molecule has 1 saturated heterocycles. The minimum Gasteiger partial charge on any atom is -0.326 e. The molecule has 0 radical (unpaired) electrons. The van der Waals surface area contributed by atoms with Crippen LogP contribution in [0.2, 0.25) is 0 Å². The van der Waals surface area contributed by atoms with Gasteiger partial charge in [0.25, 0.3) is 0 Å². The first-order chi connectivity index (χ1) is 7.91. The van der Waals surface area contributed by atoms with Gasteiger partial charge in [0.15, 0.2) is 0 Å². The molecule has 0 aliphatic carbocycles. The van der Waals surface area contributed by atoms with Crippen molar-refractivity contribution >= 4 is 38.4 Å². The molecule has 1 aliphatic heterocycles. The zero-order valence-electron chi connectivity index (χ0n) is 9.34. The molecular weight excluding hydrogens is 347 g/mol. The van der Waals surface area contributed by atoms with Gasteiger partial charge in [-0.15, -0.1) is 12.4 Å². The monoisotopic (exact) mass is 358 g/mol. The van der Waals surface area contributed by atoms with Crippen LogP contribution in [0, 0.1) is 5.82 Å². The third-order valence-electron chi connectivity index (χ3n) is 2.70. The number of benzene rings is 1. The Bertz CT molecular complexity index is 541. The number of sulfonamides is 1. The number of hydrogen-bond donors (Lipinski definition) is 1. The first-order valence-corrected chi connectivity index (χ1v) is 7.35. The van der Waals surface area contributed by atoms with Gasteiger partial charge in [0.05, 0.1) is 4.90 Å². The SMILES string of the molecule is Cl.N[C@H]1CCN(S(=O)(=O)c2ccc(F)cc2Br)C1. The van der Waals surface area contributed by atoms with Crippen LogP contribution in [0.1, 0.15) is 6.42 Å². The van der Waals surface area contributed by atoms with Crippen molar-refractivity contribution in [2.45, 2.75) is 17.4 Å². The van der Waals surface area contributed by atoms with Crippen LogP contribution in [0.5, 0.6) is 0 Å². The Morgan fingerprint density at radius 3 is 2.61 bits per heavy atom. The lowest BCUT2D eigenvalue weighted by Gasteiger charge is -2.16. The van der Waals surface area contributed by atoms with Gasteiger partial charge < -0.3 is 5.73 Å². The number of rotatable bonds is 2. The molecule has 1 fully saturated rings. The molecule has 2 N–H and O–H groups in total. The third-order valence-corrected chi connectivity index (χ3v) is 5.54. The lowest BCUT2D eigenvalue weighted by atomic mass is 10.3. The average molecular weight is 360 g/mol. The zero-order valence-corrected chi connectivity index (χ0v) is 12.6. The van der Waals surface area contributed by atoms with E-state index in [2.05, 4.69) is 15.9 Å². The fourth-order valence-electron chi connectivity index (χ4n) is 1.80. The van der Waals surface area contributed by atoms with Crippen molar-refractivity contribution in [3.63, 3.8) is 0 Å². The molecule has 8 heteroatoms. The van der Waals surface area contributed by atoms with Crippen molar-refractivity contribution in [2.24, 2.45) is 5.73 Å². The average Bonchev–Trinajstić information content (AvgIpc) is 2.64. The topological polar surface area (TPSA) is 63.4 Å². The van der Waals surface area contributed by atoms with Crippen LogP contribution in [0.25, 0.3) is 0 Å². The normalized spacial score (nSPS) is 20.7. The highest BCUT2D eigenvalue weighted by atomic mass is 79.9. The Morgan fingerprint density at radius 2 is 2.11 bits per heavy atom. The summed E-state index contributed by atoms with van der Waals surface area (Å²) < 4.78 is 38.9. The van der Waals surface area contributed by atoms with Gasteiger partial charge in [-0.1, -0.05) is 0 Å². The van der Waals surface area contributed by atoms with E-state index in [1.54, 1.807) is 0 Å². The summed E-state index contributed by atoms with van der Waals surface area (Å²) in [5.41, 5.74) is 5.68. The van der Waals surface area contributed by atoms with Crippen LogP contribution in [0.3, 0.4) is 0 Å². The highest BCUT2D eigenvalue weighted by molar-refractivity contribution is 9.10. The van der Waals surface area contributed by atoms with E-state index in [9.17, 15) is 12.8 Å². The van der Waals surface area contributed by atoms with Crippen LogP contribution in [0.4, 0.5) is 4.39 Å². The van der Waals surface area contributed by atoms with Gasteiger partial charge in [0.1, 0.15) is 5.82 Å². The molecule has 18 heavy (non-hydrogen) atoms. The molecule has 0 aromatic heterocycles. The highest BCUT2D eigenvalue weighted by Gasteiger charge is 2.32. The maximum atomic E-state index is 12.9. The van der Waals surface area contributed by atoms with Gasteiger partial charge in [0.2, 0.25) is 10.0 Å². The predicted molar refractivity (Wildman–Crippen MR) is 72.7 cm³/mol. The Morgan fingerprint density at radius 1 is 1.44 bits per heavy atom. The van der Waals surface area contributed by atoms with E-state index in [4.69, 9.17) is 5.73 Å². The molecule has 0 unspecified atom stereocenters. The van der Waals surface area contributed by atoms with Gasteiger partial charge >= 0.3 is 0 Å². The lowest BCUT2D eigenvalue weighted by Crippen LogP contribution is -2.32. The Kier molecular flexibility index (Phi) is 5.13. The van der Waals surface area contributed by atoms with E-state index in [0.29, 0.717) is 19.5 Å². The van der Waals surface area contributed by atoms with Gasteiger partial charge in [-0.3, -0.25) is 0 Å². The van der Waals surface area contributed by atoms with Crippen molar-refractivity contribution in [1.29, 1.82) is 0 Å². The van der Waals surface area contributed by atoms with Gasteiger partial charge in [-0.25, -0.2) is 12.8 Å². The summed E-state index contributed by atoms with van der Waals surface area (Å²) in [7, 11) is -3.58. The molecule has 0 spiro atoms. The lowest BCUT2D eigenvalue weighted by molar-refractivity contribution is 0.472. The third kappa shape index (κ3) is 3.03. The molecule has 1 aromatic rings. The molecule has 1 aromatic carbocycles. The van der Waals surface area contributed by atoms with E-state index < -0.39 is 15.8 Å². The molecule has 1 atom stereocenters. The van der Waals surface area contributed by atoms with E-state index in [0.717, 1.165) is 12.1 Å². The fourth-order valence-corrected chi connectivity index (χ4v) is 4.32. The molecular formula is C10H13BrClFN2O2S. The number of nitrogens with two attached hydrogens (primary N) is 1. The highest BCUT2D eigenvalue weighted by Crippen LogP contribution is 2.27. The first kappa shape index (κ1) is 15.8. The molecule has 1 heterocycles. The van der Waals surface area contributed by atoms with Crippen LogP contribution in [-0.2, 0) is 10.0 Å². The van der Waals surface area contributed by atoms with Crippen molar-refractivity contribution < 1.29 is 12.8 Å². The second kappa shape index (κ2) is 5.83. The minimum atomic E-state index is -3.58. The second-order valence-electron chi connectivity index (χ2n) is 3.99. The van der Waals surface area contributed by atoms with E-state index in [-0.39, 0.29) is 27.8 Å². The molecule has 0 bridgehead atoms. The van der Waals surface area contributed by atoms with Crippen LogP contribution in [0.15, 0.2) is 27.6 Å². The number of hydrogen-bond acceptors (Lipinski definition) is 3. The van der Waals surface area contributed by atoms with E-state index >= 15 is 0 Å². The molecule has 1 aliphatic rings. The van der Waals surface area contributed by atoms with Crippen molar-refractivity contribution in [3.8, 4) is 0 Å². The second-order valence-corrected chi connectivity index (χ2v) is 6.75. The summed E-state index contributed by atoms with van der Waals surface area (Å²) in [5, 5.41) is 0. The van der Waals surface area contributed by atoms with Crippen LogP contribution >= 0.6 is 28.3 Å². The largest absolute Gasteiger partial charge is 0.326 e. The van der Waals surface area contributed by atoms with Crippen LogP contribution < -0.4 is 5.73 Å². The summed E-state index contributed by atoms with van der Waals surface area (Å²) in [6.07, 6.45) is 0.651. The summed E-state index contributed by atoms with van der Waals surface area (Å²) in [6.45, 7) is 0.722. The van der Waals surface area contributed by atoms with E-state index in [1.165, 1.54) is 10.4 Å². The zero-order chi connectivity index (χ0) is 12.6. The molecule has 4 nitrogen and oxygen atoms in total. The van der Waals surface area contributed by atoms with Crippen LogP contribution in [-0.4, -0.2) is 31.9 Å². The molecule has 102 valence electrons. The van der Waals surface area contributed by atoms with Crippen molar-refractivity contribution in [3.05, 3.63) is 28.5 Å².